The zero-order chi connectivity index (χ0) is 13.8. The van der Waals surface area contributed by atoms with E-state index in [-0.39, 0.29) is 0 Å². The number of rotatable bonds is 3. The van der Waals surface area contributed by atoms with Crippen molar-refractivity contribution in [3.63, 3.8) is 0 Å². The molecule has 1 aromatic heterocycles. The van der Waals surface area contributed by atoms with Crippen LogP contribution in [0.3, 0.4) is 0 Å². The fraction of sp³-hybridized carbons (Fsp3) is 0.154. The Kier molecular flexibility index (Phi) is 3.97. The Bertz CT molecular complexity index is 635. The van der Waals surface area contributed by atoms with Crippen molar-refractivity contribution in [3.8, 4) is 6.19 Å². The number of benzene rings is 1. The van der Waals surface area contributed by atoms with Crippen molar-refractivity contribution in [2.24, 2.45) is 0 Å². The SMILES string of the molecule is Cc1ccc(Nc2cc(N(C)C#N)ncn2)cc1Br. The second-order valence-corrected chi connectivity index (χ2v) is 4.86. The molecule has 1 heterocycles. The van der Waals surface area contributed by atoms with E-state index >= 15 is 0 Å². The Balaban J connectivity index is 2.24. The normalized spacial score (nSPS) is 9.79. The van der Waals surface area contributed by atoms with E-state index in [2.05, 4.69) is 31.2 Å². The van der Waals surface area contributed by atoms with Crippen LogP contribution in [0.4, 0.5) is 17.3 Å². The average molecular weight is 318 g/mol. The van der Waals surface area contributed by atoms with E-state index in [0.717, 1.165) is 15.7 Å². The molecule has 0 saturated carbocycles. The number of nitrogens with one attached hydrogen (secondary N) is 1. The third-order valence-corrected chi connectivity index (χ3v) is 3.44. The average Bonchev–Trinajstić information content (AvgIpc) is 2.42. The van der Waals surface area contributed by atoms with Crippen LogP contribution >= 0.6 is 15.9 Å². The summed E-state index contributed by atoms with van der Waals surface area (Å²) in [7, 11) is 1.65. The van der Waals surface area contributed by atoms with Crippen molar-refractivity contribution < 1.29 is 0 Å². The molecule has 0 saturated heterocycles. The monoisotopic (exact) mass is 317 g/mol. The van der Waals surface area contributed by atoms with Crippen molar-refractivity contribution >= 4 is 33.3 Å². The molecule has 0 bridgehead atoms. The highest BCUT2D eigenvalue weighted by Crippen LogP contribution is 2.23. The highest BCUT2D eigenvalue weighted by Gasteiger charge is 2.04. The van der Waals surface area contributed by atoms with Crippen LogP contribution < -0.4 is 10.2 Å². The molecule has 2 rings (SSSR count). The molecule has 0 atom stereocenters. The van der Waals surface area contributed by atoms with Gasteiger partial charge in [0.05, 0.1) is 0 Å². The number of hydrogen-bond donors (Lipinski definition) is 1. The number of nitriles is 1. The molecule has 0 spiro atoms. The zero-order valence-electron chi connectivity index (χ0n) is 10.6. The van der Waals surface area contributed by atoms with Gasteiger partial charge in [0.1, 0.15) is 18.0 Å². The van der Waals surface area contributed by atoms with Crippen LogP contribution in [0.1, 0.15) is 5.56 Å². The van der Waals surface area contributed by atoms with Gasteiger partial charge in [0.2, 0.25) is 0 Å². The predicted molar refractivity (Wildman–Crippen MR) is 78.2 cm³/mol. The van der Waals surface area contributed by atoms with Gasteiger partial charge in [0.25, 0.3) is 0 Å². The van der Waals surface area contributed by atoms with E-state index in [1.54, 1.807) is 13.1 Å². The van der Waals surface area contributed by atoms with Crippen molar-refractivity contribution in [2.45, 2.75) is 6.92 Å². The molecule has 5 nitrogen and oxygen atoms in total. The largest absolute Gasteiger partial charge is 0.340 e. The molecule has 1 aromatic carbocycles. The maximum atomic E-state index is 8.82. The van der Waals surface area contributed by atoms with E-state index in [1.165, 1.54) is 11.2 Å². The van der Waals surface area contributed by atoms with Gasteiger partial charge in [-0.3, -0.25) is 4.90 Å². The van der Waals surface area contributed by atoms with E-state index in [1.807, 2.05) is 31.3 Å². The molecular formula is C13H12BrN5. The maximum Gasteiger partial charge on any atom is 0.185 e. The van der Waals surface area contributed by atoms with Gasteiger partial charge in [-0.05, 0) is 24.6 Å². The lowest BCUT2D eigenvalue weighted by Crippen LogP contribution is -2.10. The Morgan fingerprint density at radius 3 is 2.79 bits per heavy atom. The first-order chi connectivity index (χ1) is 9.10. The number of aromatic nitrogens is 2. The molecule has 1 N–H and O–H groups in total. The van der Waals surface area contributed by atoms with Crippen molar-refractivity contribution in [3.05, 3.63) is 40.6 Å². The number of aryl methyl sites for hydroxylation is 1. The number of nitrogens with zero attached hydrogens (tertiary/aromatic N) is 4. The molecule has 6 heteroatoms. The van der Waals surface area contributed by atoms with E-state index in [0.29, 0.717) is 11.6 Å². The highest BCUT2D eigenvalue weighted by atomic mass is 79.9. The minimum Gasteiger partial charge on any atom is -0.340 e. The molecule has 0 radical (unpaired) electrons. The number of halogens is 1. The number of hydrogen-bond acceptors (Lipinski definition) is 5. The van der Waals surface area contributed by atoms with Crippen LogP contribution in [0.25, 0.3) is 0 Å². The second kappa shape index (κ2) is 5.67. The summed E-state index contributed by atoms with van der Waals surface area (Å²) in [6, 6.07) is 7.67. The van der Waals surface area contributed by atoms with Crippen molar-refractivity contribution in [1.29, 1.82) is 5.26 Å². The third kappa shape index (κ3) is 3.20. The van der Waals surface area contributed by atoms with Crippen LogP contribution in [0, 0.1) is 18.4 Å². The molecule has 0 aliphatic carbocycles. The van der Waals surface area contributed by atoms with Gasteiger partial charge in [-0.15, -0.1) is 0 Å². The molecule has 0 aliphatic heterocycles. The lowest BCUT2D eigenvalue weighted by Gasteiger charge is -2.10. The summed E-state index contributed by atoms with van der Waals surface area (Å²) < 4.78 is 1.03. The minimum atomic E-state index is 0.547. The van der Waals surface area contributed by atoms with Crippen LogP contribution in [0.5, 0.6) is 0 Å². The minimum absolute atomic E-state index is 0.547. The summed E-state index contributed by atoms with van der Waals surface area (Å²) in [6.45, 7) is 2.03. The lowest BCUT2D eigenvalue weighted by atomic mass is 10.2. The lowest BCUT2D eigenvalue weighted by molar-refractivity contribution is 1.08. The van der Waals surface area contributed by atoms with Gasteiger partial charge in [-0.2, -0.15) is 5.26 Å². The molecule has 96 valence electrons. The topological polar surface area (TPSA) is 64.8 Å². The van der Waals surface area contributed by atoms with Crippen LogP contribution in [0.2, 0.25) is 0 Å². The maximum absolute atomic E-state index is 8.82. The molecular weight excluding hydrogens is 306 g/mol. The van der Waals surface area contributed by atoms with Gasteiger partial charge in [-0.25, -0.2) is 9.97 Å². The summed E-state index contributed by atoms with van der Waals surface area (Å²) in [4.78, 5) is 9.53. The first kappa shape index (κ1) is 13.3. The highest BCUT2D eigenvalue weighted by molar-refractivity contribution is 9.10. The van der Waals surface area contributed by atoms with E-state index < -0.39 is 0 Å². The second-order valence-electron chi connectivity index (χ2n) is 4.01. The third-order valence-electron chi connectivity index (χ3n) is 2.59. The molecule has 0 aliphatic rings. The number of anilines is 3. The van der Waals surface area contributed by atoms with E-state index in [4.69, 9.17) is 5.26 Å². The summed E-state index contributed by atoms with van der Waals surface area (Å²) >= 11 is 3.48. The summed E-state index contributed by atoms with van der Waals surface area (Å²) in [6.07, 6.45) is 3.42. The Morgan fingerprint density at radius 1 is 1.32 bits per heavy atom. The van der Waals surface area contributed by atoms with Gasteiger partial charge in [-0.1, -0.05) is 22.0 Å². The van der Waals surface area contributed by atoms with Gasteiger partial charge in [0, 0.05) is 23.3 Å². The standard InChI is InChI=1S/C13H12BrN5/c1-9-3-4-10(5-11(9)14)18-12-6-13(17-8-16-12)19(2)7-15/h3-6,8H,1-2H3,(H,16,17,18). The quantitative estimate of drug-likeness (QED) is 0.695. The van der Waals surface area contributed by atoms with Gasteiger partial charge < -0.3 is 5.32 Å². The summed E-state index contributed by atoms with van der Waals surface area (Å²) in [5.74, 6) is 1.19. The molecule has 0 unspecified atom stereocenters. The molecule has 19 heavy (non-hydrogen) atoms. The Hall–Kier alpha value is -2.13. The van der Waals surface area contributed by atoms with Crippen molar-refractivity contribution in [2.75, 3.05) is 17.3 Å². The molecule has 2 aromatic rings. The zero-order valence-corrected chi connectivity index (χ0v) is 12.1. The van der Waals surface area contributed by atoms with Crippen LogP contribution in [-0.2, 0) is 0 Å². The van der Waals surface area contributed by atoms with Crippen LogP contribution in [-0.4, -0.2) is 17.0 Å². The van der Waals surface area contributed by atoms with Gasteiger partial charge in [0.15, 0.2) is 6.19 Å². The smallest absolute Gasteiger partial charge is 0.185 e. The van der Waals surface area contributed by atoms with E-state index in [9.17, 15) is 0 Å². The summed E-state index contributed by atoms with van der Waals surface area (Å²) in [5, 5.41) is 12.0. The fourth-order valence-electron chi connectivity index (χ4n) is 1.47. The predicted octanol–water partition coefficient (Wildman–Crippen LogP) is 3.21. The van der Waals surface area contributed by atoms with Gasteiger partial charge >= 0.3 is 0 Å². The van der Waals surface area contributed by atoms with Crippen LogP contribution in [0.15, 0.2) is 35.1 Å². The Labute approximate surface area is 120 Å². The van der Waals surface area contributed by atoms with Crippen molar-refractivity contribution in [1.82, 2.24) is 9.97 Å². The summed E-state index contributed by atoms with van der Waals surface area (Å²) in [5.41, 5.74) is 2.08. The first-order valence-electron chi connectivity index (χ1n) is 5.59. The fourth-order valence-corrected chi connectivity index (χ4v) is 1.85. The molecule has 0 fully saturated rings. The molecule has 0 amide bonds. The first-order valence-corrected chi connectivity index (χ1v) is 6.38. The Morgan fingerprint density at radius 2 is 2.11 bits per heavy atom.